The van der Waals surface area contributed by atoms with Crippen molar-refractivity contribution < 1.29 is 23.1 Å². The maximum Gasteiger partial charge on any atom is 0.408 e. The van der Waals surface area contributed by atoms with E-state index in [-0.39, 0.29) is 5.92 Å². The Bertz CT molecular complexity index is 373. The third-order valence-electron chi connectivity index (χ3n) is 5.01. The van der Waals surface area contributed by atoms with Crippen molar-refractivity contribution in [2.45, 2.75) is 63.8 Å². The van der Waals surface area contributed by atoms with E-state index in [9.17, 15) is 23.1 Å². The number of hydrogen-bond acceptors (Lipinski definition) is 2. The predicted molar refractivity (Wildman–Crippen MR) is 76.3 cm³/mol. The number of urea groups is 1. The van der Waals surface area contributed by atoms with E-state index in [1.54, 1.807) is 6.92 Å². The molecule has 1 saturated heterocycles. The van der Waals surface area contributed by atoms with E-state index < -0.39 is 30.3 Å². The summed E-state index contributed by atoms with van der Waals surface area (Å²) in [6.07, 6.45) is -0.936. The Morgan fingerprint density at radius 3 is 2.14 bits per heavy atom. The van der Waals surface area contributed by atoms with Crippen molar-refractivity contribution in [2.24, 2.45) is 11.8 Å². The van der Waals surface area contributed by atoms with Gasteiger partial charge in [-0.15, -0.1) is 0 Å². The van der Waals surface area contributed by atoms with Crippen LogP contribution < -0.4 is 5.32 Å². The standard InChI is InChI=1S/C15H25F3N2O2/c1-10(21)11-6-8-20(9-7-11)14(22)19-13(15(16,17)18)12-4-2-3-5-12/h10-13,21H,2-9H2,1H3,(H,19,22)/t10-,13-/m0/s1. The summed E-state index contributed by atoms with van der Waals surface area (Å²) < 4.78 is 39.6. The normalized spacial score (nSPS) is 24.3. The monoisotopic (exact) mass is 322 g/mol. The average Bonchev–Trinajstić information content (AvgIpc) is 2.97. The summed E-state index contributed by atoms with van der Waals surface area (Å²) in [6.45, 7) is 2.51. The van der Waals surface area contributed by atoms with Gasteiger partial charge < -0.3 is 15.3 Å². The Kier molecular flexibility index (Phi) is 5.58. The summed E-state index contributed by atoms with van der Waals surface area (Å²) in [7, 11) is 0. The fourth-order valence-electron chi connectivity index (χ4n) is 3.57. The van der Waals surface area contributed by atoms with Crippen LogP contribution in [0.2, 0.25) is 0 Å². The first kappa shape index (κ1) is 17.4. The van der Waals surface area contributed by atoms with Gasteiger partial charge in [-0.3, -0.25) is 0 Å². The molecule has 1 saturated carbocycles. The minimum absolute atomic E-state index is 0.122. The van der Waals surface area contributed by atoms with Crippen LogP contribution in [0, 0.1) is 11.8 Å². The molecule has 7 heteroatoms. The van der Waals surface area contributed by atoms with Gasteiger partial charge in [0.05, 0.1) is 6.10 Å². The third-order valence-corrected chi connectivity index (χ3v) is 5.01. The van der Waals surface area contributed by atoms with Gasteiger partial charge in [0.15, 0.2) is 0 Å². The van der Waals surface area contributed by atoms with Gasteiger partial charge in [0, 0.05) is 13.1 Å². The number of carbonyl (C=O) groups is 1. The number of aliphatic hydroxyl groups is 1. The van der Waals surface area contributed by atoms with Gasteiger partial charge in [0.1, 0.15) is 6.04 Å². The van der Waals surface area contributed by atoms with Crippen molar-refractivity contribution in [1.29, 1.82) is 0 Å². The molecule has 0 aromatic rings. The molecule has 4 nitrogen and oxygen atoms in total. The summed E-state index contributed by atoms with van der Waals surface area (Å²) >= 11 is 0. The largest absolute Gasteiger partial charge is 0.408 e. The maximum atomic E-state index is 13.2. The molecule has 2 rings (SSSR count). The van der Waals surface area contributed by atoms with E-state index in [4.69, 9.17) is 0 Å². The molecule has 2 N–H and O–H groups in total. The van der Waals surface area contributed by atoms with Crippen molar-refractivity contribution in [3.63, 3.8) is 0 Å². The SMILES string of the molecule is C[C@H](O)C1CCN(C(=O)N[C@@H](C2CCCC2)C(F)(F)F)CC1. The molecule has 1 aliphatic heterocycles. The summed E-state index contributed by atoms with van der Waals surface area (Å²) in [6, 6.07) is -2.37. The van der Waals surface area contributed by atoms with E-state index in [0.717, 1.165) is 12.8 Å². The molecule has 2 amide bonds. The lowest BCUT2D eigenvalue weighted by Gasteiger charge is -2.35. The first-order valence-electron chi connectivity index (χ1n) is 8.09. The molecule has 0 bridgehead atoms. The van der Waals surface area contributed by atoms with Crippen LogP contribution in [0.4, 0.5) is 18.0 Å². The van der Waals surface area contributed by atoms with Crippen LogP contribution >= 0.6 is 0 Å². The molecule has 0 aromatic carbocycles. The van der Waals surface area contributed by atoms with Crippen LogP contribution in [0.15, 0.2) is 0 Å². The van der Waals surface area contributed by atoms with Gasteiger partial charge in [0.2, 0.25) is 0 Å². The Morgan fingerprint density at radius 1 is 1.14 bits per heavy atom. The lowest BCUT2D eigenvalue weighted by Crippen LogP contribution is -2.55. The molecular weight excluding hydrogens is 297 g/mol. The molecule has 0 aromatic heterocycles. The number of amides is 2. The molecule has 2 fully saturated rings. The van der Waals surface area contributed by atoms with Crippen molar-refractivity contribution in [3.05, 3.63) is 0 Å². The van der Waals surface area contributed by atoms with Gasteiger partial charge >= 0.3 is 12.2 Å². The fourth-order valence-corrected chi connectivity index (χ4v) is 3.57. The van der Waals surface area contributed by atoms with E-state index in [1.165, 1.54) is 4.90 Å². The lowest BCUT2D eigenvalue weighted by molar-refractivity contribution is -0.165. The Balaban J connectivity index is 1.91. The molecule has 1 heterocycles. The van der Waals surface area contributed by atoms with Crippen LogP contribution in [0.5, 0.6) is 0 Å². The molecule has 1 aliphatic carbocycles. The highest BCUT2D eigenvalue weighted by molar-refractivity contribution is 5.74. The van der Waals surface area contributed by atoms with E-state index in [2.05, 4.69) is 5.32 Å². The number of carbonyl (C=O) groups excluding carboxylic acids is 1. The molecule has 0 radical (unpaired) electrons. The minimum Gasteiger partial charge on any atom is -0.393 e. The second-order valence-electron chi connectivity index (χ2n) is 6.58. The summed E-state index contributed by atoms with van der Waals surface area (Å²) in [5, 5.41) is 11.7. The maximum absolute atomic E-state index is 13.2. The smallest absolute Gasteiger partial charge is 0.393 e. The zero-order valence-electron chi connectivity index (χ0n) is 12.9. The Hall–Kier alpha value is -0.980. The number of rotatable bonds is 3. The number of piperidine rings is 1. The molecular formula is C15H25F3N2O2. The number of likely N-dealkylation sites (tertiary alicyclic amines) is 1. The van der Waals surface area contributed by atoms with Gasteiger partial charge in [-0.1, -0.05) is 12.8 Å². The van der Waals surface area contributed by atoms with Crippen molar-refractivity contribution in [1.82, 2.24) is 10.2 Å². The summed E-state index contributed by atoms with van der Waals surface area (Å²) in [5.74, 6) is -0.378. The highest BCUT2D eigenvalue weighted by Gasteiger charge is 2.46. The number of aliphatic hydroxyl groups excluding tert-OH is 1. The molecule has 22 heavy (non-hydrogen) atoms. The molecule has 0 spiro atoms. The number of halogens is 3. The fraction of sp³-hybridized carbons (Fsp3) is 0.933. The van der Waals surface area contributed by atoms with Crippen LogP contribution in [0.25, 0.3) is 0 Å². The quantitative estimate of drug-likeness (QED) is 0.839. The number of alkyl halides is 3. The van der Waals surface area contributed by atoms with Gasteiger partial charge in [-0.25, -0.2) is 4.79 Å². The highest BCUT2D eigenvalue weighted by Crippen LogP contribution is 2.35. The number of hydrogen-bond donors (Lipinski definition) is 2. The summed E-state index contributed by atoms with van der Waals surface area (Å²) in [4.78, 5) is 13.6. The van der Waals surface area contributed by atoms with Gasteiger partial charge in [0.25, 0.3) is 0 Å². The zero-order chi connectivity index (χ0) is 16.3. The second-order valence-corrected chi connectivity index (χ2v) is 6.58. The van der Waals surface area contributed by atoms with Crippen LogP contribution in [-0.4, -0.2) is 47.4 Å². The van der Waals surface area contributed by atoms with Gasteiger partial charge in [-0.2, -0.15) is 13.2 Å². The average molecular weight is 322 g/mol. The van der Waals surface area contributed by atoms with Gasteiger partial charge in [-0.05, 0) is 44.4 Å². The molecule has 0 unspecified atom stereocenters. The molecule has 2 atom stereocenters. The molecule has 2 aliphatic rings. The Labute approximate surface area is 129 Å². The lowest BCUT2D eigenvalue weighted by atomic mass is 9.92. The van der Waals surface area contributed by atoms with E-state index in [0.29, 0.717) is 38.8 Å². The first-order chi connectivity index (χ1) is 10.3. The topological polar surface area (TPSA) is 52.6 Å². The number of nitrogens with zero attached hydrogens (tertiary/aromatic N) is 1. The third kappa shape index (κ3) is 4.27. The second kappa shape index (κ2) is 7.06. The minimum atomic E-state index is -4.40. The van der Waals surface area contributed by atoms with Crippen molar-refractivity contribution in [3.8, 4) is 0 Å². The zero-order valence-corrected chi connectivity index (χ0v) is 12.9. The van der Waals surface area contributed by atoms with Crippen molar-refractivity contribution in [2.75, 3.05) is 13.1 Å². The van der Waals surface area contributed by atoms with Crippen LogP contribution in [0.1, 0.15) is 45.4 Å². The first-order valence-corrected chi connectivity index (χ1v) is 8.09. The van der Waals surface area contributed by atoms with Crippen molar-refractivity contribution >= 4 is 6.03 Å². The Morgan fingerprint density at radius 2 is 1.68 bits per heavy atom. The predicted octanol–water partition coefficient (Wildman–Crippen LogP) is 2.91. The molecule has 128 valence electrons. The number of nitrogens with one attached hydrogen (secondary N) is 1. The van der Waals surface area contributed by atoms with E-state index >= 15 is 0 Å². The summed E-state index contributed by atoms with van der Waals surface area (Å²) in [5.41, 5.74) is 0. The highest BCUT2D eigenvalue weighted by atomic mass is 19.4. The van der Waals surface area contributed by atoms with Crippen LogP contribution in [-0.2, 0) is 0 Å². The van der Waals surface area contributed by atoms with E-state index in [1.807, 2.05) is 0 Å². The van der Waals surface area contributed by atoms with Crippen LogP contribution in [0.3, 0.4) is 0 Å².